The molecular weight excluding hydrogens is 390 g/mol. The van der Waals surface area contributed by atoms with Gasteiger partial charge in [-0.1, -0.05) is 55.5 Å². The first-order chi connectivity index (χ1) is 12.6. The molecule has 2 rings (SSSR count). The summed E-state index contributed by atoms with van der Waals surface area (Å²) in [7, 11) is -3.49. The molecule has 0 saturated carbocycles. The van der Waals surface area contributed by atoms with Gasteiger partial charge in [-0.05, 0) is 11.5 Å². The number of hydrogen-bond acceptors (Lipinski definition) is 7. The number of rotatable bonds is 8. The molecule has 1 heterocycles. The van der Waals surface area contributed by atoms with Gasteiger partial charge in [0.25, 0.3) is 5.91 Å². The zero-order chi connectivity index (χ0) is 20.0. The first-order valence-electron chi connectivity index (χ1n) is 8.10. The van der Waals surface area contributed by atoms with Crippen molar-refractivity contribution in [2.75, 3.05) is 16.3 Å². The molecule has 0 aliphatic heterocycles. The van der Waals surface area contributed by atoms with Crippen LogP contribution in [0.5, 0.6) is 0 Å². The van der Waals surface area contributed by atoms with Gasteiger partial charge in [0.15, 0.2) is 0 Å². The molecule has 1 aromatic heterocycles. The monoisotopic (exact) mass is 411 g/mol. The number of sulfonamides is 1. The lowest BCUT2D eigenvalue weighted by atomic mass is 10.0. The zero-order valence-corrected chi connectivity index (χ0v) is 16.7. The van der Waals surface area contributed by atoms with Gasteiger partial charge in [0.2, 0.25) is 26.2 Å². The number of nitrogens with zero attached hydrogens (tertiary/aromatic N) is 2. The van der Waals surface area contributed by atoms with E-state index in [2.05, 4.69) is 25.6 Å². The summed E-state index contributed by atoms with van der Waals surface area (Å²) in [6.45, 7) is 3.82. The Kier molecular flexibility index (Phi) is 6.86. The van der Waals surface area contributed by atoms with Crippen LogP contribution in [0.4, 0.5) is 10.3 Å². The largest absolute Gasteiger partial charge is 0.341 e. The van der Waals surface area contributed by atoms with Crippen LogP contribution < -0.4 is 15.4 Å². The maximum Gasteiger partial charge on any atom is 0.253 e. The summed E-state index contributed by atoms with van der Waals surface area (Å²) in [6, 6.07) is 7.90. The van der Waals surface area contributed by atoms with Crippen LogP contribution in [0.2, 0.25) is 0 Å². The third-order valence-electron chi connectivity index (χ3n) is 3.22. The molecule has 9 nitrogen and oxygen atoms in total. The number of carbonyl (C=O) groups is 2. The molecule has 2 amide bonds. The Morgan fingerprint density at radius 3 is 2.33 bits per heavy atom. The average Bonchev–Trinajstić information content (AvgIpc) is 2.97. The van der Waals surface area contributed by atoms with E-state index in [0.717, 1.165) is 17.6 Å². The highest BCUT2D eigenvalue weighted by Crippen LogP contribution is 2.23. The minimum absolute atomic E-state index is 0.0351. The third-order valence-corrected chi connectivity index (χ3v) is 4.67. The maximum atomic E-state index is 12.7. The van der Waals surface area contributed by atoms with Gasteiger partial charge in [-0.2, -0.15) is 0 Å². The molecule has 0 aliphatic rings. The van der Waals surface area contributed by atoms with Gasteiger partial charge in [0.05, 0.1) is 6.26 Å². The molecule has 11 heteroatoms. The van der Waals surface area contributed by atoms with E-state index in [4.69, 9.17) is 0 Å². The molecule has 3 N–H and O–H groups in total. The number of anilines is 2. The van der Waals surface area contributed by atoms with Crippen LogP contribution in [-0.4, -0.2) is 36.7 Å². The maximum absolute atomic E-state index is 12.7. The van der Waals surface area contributed by atoms with Gasteiger partial charge in [-0.25, -0.2) is 8.42 Å². The Bertz CT molecular complexity index is 897. The van der Waals surface area contributed by atoms with E-state index in [-0.39, 0.29) is 28.5 Å². The standard InChI is InChI=1S/C16H21N5O4S2/c1-10(2)9-12(22)17-13(11-7-5-4-6-8-11)14(23)18-15-19-20-16(26-15)21-27(3,24)25/h4-8,10,13H,9H2,1-3H3,(H,17,22)(H,20,21)(H,18,19,23). The zero-order valence-electron chi connectivity index (χ0n) is 15.1. The lowest BCUT2D eigenvalue weighted by molar-refractivity contribution is -0.127. The smallest absolute Gasteiger partial charge is 0.253 e. The van der Waals surface area contributed by atoms with Crippen LogP contribution in [0, 0.1) is 5.92 Å². The van der Waals surface area contributed by atoms with E-state index < -0.39 is 22.0 Å². The first-order valence-corrected chi connectivity index (χ1v) is 10.8. The van der Waals surface area contributed by atoms with Crippen molar-refractivity contribution in [1.82, 2.24) is 15.5 Å². The molecular formula is C16H21N5O4S2. The predicted octanol–water partition coefficient (Wildman–Crippen LogP) is 1.75. The number of carbonyl (C=O) groups excluding carboxylic acids is 2. The summed E-state index contributed by atoms with van der Waals surface area (Å²) < 4.78 is 24.6. The van der Waals surface area contributed by atoms with E-state index in [9.17, 15) is 18.0 Å². The normalized spacial score (nSPS) is 12.4. The number of aromatic nitrogens is 2. The molecule has 0 radical (unpaired) electrons. The molecule has 0 aliphatic carbocycles. The van der Waals surface area contributed by atoms with Gasteiger partial charge in [0.1, 0.15) is 6.04 Å². The predicted molar refractivity (Wildman–Crippen MR) is 104 cm³/mol. The lowest BCUT2D eigenvalue weighted by Gasteiger charge is -2.18. The fraction of sp³-hybridized carbons (Fsp3) is 0.375. The van der Waals surface area contributed by atoms with E-state index in [1.54, 1.807) is 24.3 Å². The fourth-order valence-corrected chi connectivity index (χ4v) is 3.66. The second-order valence-electron chi connectivity index (χ2n) is 6.29. The number of nitrogens with one attached hydrogen (secondary N) is 3. The molecule has 1 atom stereocenters. The average molecular weight is 412 g/mol. The molecule has 0 fully saturated rings. The van der Waals surface area contributed by atoms with Gasteiger partial charge in [0, 0.05) is 6.42 Å². The molecule has 27 heavy (non-hydrogen) atoms. The highest BCUT2D eigenvalue weighted by Gasteiger charge is 2.24. The van der Waals surface area contributed by atoms with Crippen molar-refractivity contribution in [3.63, 3.8) is 0 Å². The summed E-state index contributed by atoms with van der Waals surface area (Å²) in [6.07, 6.45) is 1.28. The Morgan fingerprint density at radius 2 is 1.74 bits per heavy atom. The summed E-state index contributed by atoms with van der Waals surface area (Å²) in [5.74, 6) is -0.594. The Morgan fingerprint density at radius 1 is 1.11 bits per heavy atom. The van der Waals surface area contributed by atoms with Crippen molar-refractivity contribution >= 4 is 43.4 Å². The van der Waals surface area contributed by atoms with Crippen molar-refractivity contribution in [2.24, 2.45) is 5.92 Å². The van der Waals surface area contributed by atoms with Gasteiger partial charge in [-0.15, -0.1) is 10.2 Å². The highest BCUT2D eigenvalue weighted by molar-refractivity contribution is 7.92. The Labute approximate surface area is 161 Å². The summed E-state index contributed by atoms with van der Waals surface area (Å²) in [5, 5.41) is 12.8. The second kappa shape index (κ2) is 8.91. The minimum Gasteiger partial charge on any atom is -0.341 e. The van der Waals surface area contributed by atoms with Gasteiger partial charge in [-0.3, -0.25) is 19.6 Å². The van der Waals surface area contributed by atoms with Crippen LogP contribution in [0.15, 0.2) is 30.3 Å². The SMILES string of the molecule is CC(C)CC(=O)NC(C(=O)Nc1nnc(NS(C)(=O)=O)s1)c1ccccc1. The summed E-state index contributed by atoms with van der Waals surface area (Å²) >= 11 is 0.873. The molecule has 1 unspecified atom stereocenters. The fourth-order valence-electron chi connectivity index (χ4n) is 2.19. The highest BCUT2D eigenvalue weighted by atomic mass is 32.2. The molecule has 0 bridgehead atoms. The van der Waals surface area contributed by atoms with Crippen molar-refractivity contribution < 1.29 is 18.0 Å². The van der Waals surface area contributed by atoms with Crippen LogP contribution in [0.25, 0.3) is 0 Å². The number of amides is 2. The molecule has 146 valence electrons. The van der Waals surface area contributed by atoms with Gasteiger partial charge < -0.3 is 5.32 Å². The van der Waals surface area contributed by atoms with Crippen molar-refractivity contribution in [1.29, 1.82) is 0 Å². The molecule has 0 spiro atoms. The van der Waals surface area contributed by atoms with Crippen LogP contribution in [-0.2, 0) is 19.6 Å². The first kappa shape index (κ1) is 20.8. The van der Waals surface area contributed by atoms with Crippen molar-refractivity contribution in [2.45, 2.75) is 26.3 Å². The summed E-state index contributed by atoms with van der Waals surface area (Å²) in [5.41, 5.74) is 0.617. The van der Waals surface area contributed by atoms with E-state index >= 15 is 0 Å². The van der Waals surface area contributed by atoms with Crippen LogP contribution in [0.3, 0.4) is 0 Å². The molecule has 2 aromatic rings. The minimum atomic E-state index is -3.49. The van der Waals surface area contributed by atoms with E-state index in [1.165, 1.54) is 0 Å². The lowest BCUT2D eigenvalue weighted by Crippen LogP contribution is -2.37. The second-order valence-corrected chi connectivity index (χ2v) is 9.01. The van der Waals surface area contributed by atoms with Crippen LogP contribution >= 0.6 is 11.3 Å². The third kappa shape index (κ3) is 6.94. The molecule has 0 saturated heterocycles. The van der Waals surface area contributed by atoms with Crippen molar-refractivity contribution in [3.8, 4) is 0 Å². The van der Waals surface area contributed by atoms with Crippen LogP contribution in [0.1, 0.15) is 31.9 Å². The molecule has 1 aromatic carbocycles. The topological polar surface area (TPSA) is 130 Å². The van der Waals surface area contributed by atoms with Crippen molar-refractivity contribution in [3.05, 3.63) is 35.9 Å². The number of benzene rings is 1. The van der Waals surface area contributed by atoms with E-state index in [1.807, 2.05) is 19.9 Å². The Hall–Kier alpha value is -2.53. The van der Waals surface area contributed by atoms with Gasteiger partial charge >= 0.3 is 0 Å². The quantitative estimate of drug-likeness (QED) is 0.607. The summed E-state index contributed by atoms with van der Waals surface area (Å²) in [4.78, 5) is 24.9. The number of hydrogen-bond donors (Lipinski definition) is 3. The van der Waals surface area contributed by atoms with E-state index in [0.29, 0.717) is 5.56 Å². The Balaban J connectivity index is 2.15.